The SMILES string of the molecule is CC(C)c1ccc(CC#N)c(=O)n1CC1CCCO1. The van der Waals surface area contributed by atoms with Crippen molar-refractivity contribution < 1.29 is 4.74 Å². The van der Waals surface area contributed by atoms with E-state index in [0.717, 1.165) is 25.1 Å². The first-order chi connectivity index (χ1) is 9.13. The Morgan fingerprint density at radius 2 is 2.32 bits per heavy atom. The summed E-state index contributed by atoms with van der Waals surface area (Å²) >= 11 is 0. The van der Waals surface area contributed by atoms with Crippen molar-refractivity contribution >= 4 is 0 Å². The topological polar surface area (TPSA) is 55.0 Å². The Morgan fingerprint density at radius 1 is 1.53 bits per heavy atom. The maximum absolute atomic E-state index is 12.4. The summed E-state index contributed by atoms with van der Waals surface area (Å²) < 4.78 is 7.42. The largest absolute Gasteiger partial charge is 0.376 e. The molecule has 4 heteroatoms. The van der Waals surface area contributed by atoms with Gasteiger partial charge in [0.2, 0.25) is 0 Å². The number of rotatable bonds is 4. The van der Waals surface area contributed by atoms with Gasteiger partial charge in [0.15, 0.2) is 0 Å². The lowest BCUT2D eigenvalue weighted by Crippen LogP contribution is -2.31. The van der Waals surface area contributed by atoms with Crippen molar-refractivity contribution in [3.05, 3.63) is 33.7 Å². The Labute approximate surface area is 113 Å². The van der Waals surface area contributed by atoms with Crippen molar-refractivity contribution in [2.45, 2.75) is 51.7 Å². The van der Waals surface area contributed by atoms with Gasteiger partial charge in [-0.3, -0.25) is 4.79 Å². The summed E-state index contributed by atoms with van der Waals surface area (Å²) in [5, 5.41) is 8.77. The highest BCUT2D eigenvalue weighted by Gasteiger charge is 2.19. The fraction of sp³-hybridized carbons (Fsp3) is 0.600. The molecule has 1 fully saturated rings. The second kappa shape index (κ2) is 6.03. The lowest BCUT2D eigenvalue weighted by Gasteiger charge is -2.19. The number of nitriles is 1. The van der Waals surface area contributed by atoms with E-state index >= 15 is 0 Å². The Hall–Kier alpha value is -1.60. The lowest BCUT2D eigenvalue weighted by atomic mass is 10.1. The van der Waals surface area contributed by atoms with Crippen molar-refractivity contribution in [1.82, 2.24) is 4.57 Å². The number of pyridine rings is 1. The third kappa shape index (κ3) is 3.05. The molecule has 0 aliphatic carbocycles. The summed E-state index contributed by atoms with van der Waals surface area (Å²) in [7, 11) is 0. The van der Waals surface area contributed by atoms with Crippen LogP contribution < -0.4 is 5.56 Å². The van der Waals surface area contributed by atoms with E-state index in [2.05, 4.69) is 13.8 Å². The molecule has 4 nitrogen and oxygen atoms in total. The predicted octanol–water partition coefficient (Wildman–Crippen LogP) is 2.22. The Balaban J connectivity index is 2.38. The zero-order chi connectivity index (χ0) is 13.8. The molecule has 0 radical (unpaired) electrons. The highest BCUT2D eigenvalue weighted by molar-refractivity contribution is 5.21. The summed E-state index contributed by atoms with van der Waals surface area (Å²) in [5.74, 6) is 0.283. The molecule has 19 heavy (non-hydrogen) atoms. The molecule has 1 unspecified atom stereocenters. The molecule has 0 amide bonds. The molecule has 0 aromatic carbocycles. The van der Waals surface area contributed by atoms with E-state index in [1.54, 1.807) is 10.6 Å². The fourth-order valence-corrected chi connectivity index (χ4v) is 2.54. The van der Waals surface area contributed by atoms with Gasteiger partial charge in [0.1, 0.15) is 0 Å². The van der Waals surface area contributed by atoms with E-state index in [1.165, 1.54) is 0 Å². The Kier molecular flexibility index (Phi) is 4.39. The van der Waals surface area contributed by atoms with Crippen LogP contribution in [0.2, 0.25) is 0 Å². The number of hydrogen-bond donors (Lipinski definition) is 0. The number of hydrogen-bond acceptors (Lipinski definition) is 3. The second-order valence-corrected chi connectivity index (χ2v) is 5.32. The van der Waals surface area contributed by atoms with Crippen LogP contribution in [0.15, 0.2) is 16.9 Å². The third-order valence-corrected chi connectivity index (χ3v) is 3.56. The van der Waals surface area contributed by atoms with Crippen LogP contribution in [0.25, 0.3) is 0 Å². The van der Waals surface area contributed by atoms with Gasteiger partial charge in [0.05, 0.1) is 25.1 Å². The third-order valence-electron chi connectivity index (χ3n) is 3.56. The normalized spacial score (nSPS) is 18.7. The van der Waals surface area contributed by atoms with Crippen LogP contribution in [0.5, 0.6) is 0 Å². The minimum Gasteiger partial charge on any atom is -0.376 e. The molecule has 0 saturated carbocycles. The van der Waals surface area contributed by atoms with Crippen molar-refractivity contribution in [2.24, 2.45) is 0 Å². The Bertz CT molecular complexity index is 534. The summed E-state index contributed by atoms with van der Waals surface area (Å²) in [6, 6.07) is 5.80. The van der Waals surface area contributed by atoms with Gasteiger partial charge in [-0.05, 0) is 24.8 Å². The van der Waals surface area contributed by atoms with Gasteiger partial charge in [-0.15, -0.1) is 0 Å². The van der Waals surface area contributed by atoms with Gasteiger partial charge >= 0.3 is 0 Å². The maximum Gasteiger partial charge on any atom is 0.255 e. The van der Waals surface area contributed by atoms with Gasteiger partial charge < -0.3 is 9.30 Å². The molecule has 0 N–H and O–H groups in total. The molecular formula is C15H20N2O2. The highest BCUT2D eigenvalue weighted by Crippen LogP contribution is 2.18. The first-order valence-electron chi connectivity index (χ1n) is 6.84. The maximum atomic E-state index is 12.4. The van der Waals surface area contributed by atoms with Gasteiger partial charge in [-0.25, -0.2) is 0 Å². The van der Waals surface area contributed by atoms with E-state index in [-0.39, 0.29) is 24.0 Å². The van der Waals surface area contributed by atoms with E-state index in [0.29, 0.717) is 12.1 Å². The zero-order valence-electron chi connectivity index (χ0n) is 11.6. The van der Waals surface area contributed by atoms with Crippen molar-refractivity contribution in [3.63, 3.8) is 0 Å². The fourth-order valence-electron chi connectivity index (χ4n) is 2.54. The standard InChI is InChI=1S/C15H20N2O2/c1-11(2)14-6-5-12(7-8-16)15(18)17(14)10-13-4-3-9-19-13/h5-6,11,13H,3-4,7,9-10H2,1-2H3. The van der Waals surface area contributed by atoms with Gasteiger partial charge in [-0.2, -0.15) is 5.26 Å². The lowest BCUT2D eigenvalue weighted by molar-refractivity contribution is 0.0952. The molecule has 1 aromatic rings. The van der Waals surface area contributed by atoms with E-state index in [9.17, 15) is 4.79 Å². The van der Waals surface area contributed by atoms with Gasteiger partial charge in [-0.1, -0.05) is 19.9 Å². The smallest absolute Gasteiger partial charge is 0.255 e. The quantitative estimate of drug-likeness (QED) is 0.834. The molecular weight excluding hydrogens is 240 g/mol. The average Bonchev–Trinajstić information content (AvgIpc) is 2.87. The van der Waals surface area contributed by atoms with Crippen LogP contribution in [-0.2, 0) is 17.7 Å². The highest BCUT2D eigenvalue weighted by atomic mass is 16.5. The number of aromatic nitrogens is 1. The minimum atomic E-state index is -0.0387. The Morgan fingerprint density at radius 3 is 2.89 bits per heavy atom. The van der Waals surface area contributed by atoms with Crippen molar-refractivity contribution in [3.8, 4) is 6.07 Å². The summed E-state index contributed by atoms with van der Waals surface area (Å²) in [4.78, 5) is 12.4. The van der Waals surface area contributed by atoms with Crippen LogP contribution >= 0.6 is 0 Å². The molecule has 0 spiro atoms. The van der Waals surface area contributed by atoms with Gasteiger partial charge in [0.25, 0.3) is 5.56 Å². The van der Waals surface area contributed by atoms with E-state index in [4.69, 9.17) is 10.00 Å². The first-order valence-corrected chi connectivity index (χ1v) is 6.84. The molecule has 0 bridgehead atoms. The van der Waals surface area contributed by atoms with Crippen LogP contribution in [0, 0.1) is 11.3 Å². The van der Waals surface area contributed by atoms with Crippen LogP contribution in [0.3, 0.4) is 0 Å². The van der Waals surface area contributed by atoms with Crippen LogP contribution in [0.1, 0.15) is 43.9 Å². The zero-order valence-corrected chi connectivity index (χ0v) is 11.6. The monoisotopic (exact) mass is 260 g/mol. The molecule has 2 heterocycles. The summed E-state index contributed by atoms with van der Waals surface area (Å²) in [6.45, 7) is 5.54. The molecule has 2 rings (SSSR count). The summed E-state index contributed by atoms with van der Waals surface area (Å²) in [6.07, 6.45) is 2.37. The molecule has 1 saturated heterocycles. The molecule has 1 aliphatic heterocycles. The summed E-state index contributed by atoms with van der Waals surface area (Å²) in [5.41, 5.74) is 1.55. The van der Waals surface area contributed by atoms with E-state index < -0.39 is 0 Å². The van der Waals surface area contributed by atoms with Crippen LogP contribution in [0.4, 0.5) is 0 Å². The van der Waals surface area contributed by atoms with Crippen molar-refractivity contribution in [1.29, 1.82) is 5.26 Å². The molecule has 1 atom stereocenters. The van der Waals surface area contributed by atoms with Crippen molar-refractivity contribution in [2.75, 3.05) is 6.61 Å². The number of nitrogens with zero attached hydrogens (tertiary/aromatic N) is 2. The molecule has 1 aliphatic rings. The predicted molar refractivity (Wildman–Crippen MR) is 73.1 cm³/mol. The molecule has 102 valence electrons. The van der Waals surface area contributed by atoms with Gasteiger partial charge in [0, 0.05) is 17.9 Å². The van der Waals surface area contributed by atoms with Crippen LogP contribution in [-0.4, -0.2) is 17.3 Å². The number of ether oxygens (including phenoxy) is 1. The second-order valence-electron chi connectivity index (χ2n) is 5.32. The minimum absolute atomic E-state index is 0.0387. The first kappa shape index (κ1) is 13.8. The average molecular weight is 260 g/mol. The molecule has 1 aromatic heterocycles. The van der Waals surface area contributed by atoms with E-state index in [1.807, 2.05) is 12.1 Å².